The van der Waals surface area contributed by atoms with Gasteiger partial charge in [0.05, 0.1) is 33.1 Å². The molecule has 3 N–H and O–H groups in total. The van der Waals surface area contributed by atoms with Gasteiger partial charge in [-0.2, -0.15) is 9.40 Å². The molecule has 39 heavy (non-hydrogen) atoms. The van der Waals surface area contributed by atoms with Gasteiger partial charge in [-0.15, -0.1) is 0 Å². The van der Waals surface area contributed by atoms with Crippen LogP contribution in [0.15, 0.2) is 65.6 Å². The Kier molecular flexibility index (Phi) is 7.19. The number of aryl methyl sites for hydroxylation is 1. The topological polar surface area (TPSA) is 140 Å². The van der Waals surface area contributed by atoms with Crippen LogP contribution in [0.4, 0.5) is 5.69 Å². The number of carbonyl (C=O) groups is 2. The average Bonchev–Trinajstić information content (AvgIpc) is 3.20. The molecule has 1 aliphatic heterocycles. The quantitative estimate of drug-likeness (QED) is 0.364. The van der Waals surface area contributed by atoms with Crippen LogP contribution >= 0.6 is 0 Å². The molecule has 0 spiro atoms. The Morgan fingerprint density at radius 3 is 2.38 bits per heavy atom. The van der Waals surface area contributed by atoms with Crippen molar-refractivity contribution in [2.45, 2.75) is 38.1 Å². The summed E-state index contributed by atoms with van der Waals surface area (Å²) in [6, 6.07) is 16.9. The van der Waals surface area contributed by atoms with E-state index in [1.165, 1.54) is 6.07 Å². The van der Waals surface area contributed by atoms with Gasteiger partial charge in [0.1, 0.15) is 5.69 Å². The zero-order valence-corrected chi connectivity index (χ0v) is 22.6. The molecule has 3 heterocycles. The highest BCUT2D eigenvalue weighted by Gasteiger charge is 2.30. The number of para-hydroxylation sites is 1. The van der Waals surface area contributed by atoms with E-state index in [0.29, 0.717) is 59.7 Å². The van der Waals surface area contributed by atoms with Gasteiger partial charge in [0.2, 0.25) is 15.9 Å². The lowest BCUT2D eigenvalue weighted by Crippen LogP contribution is -2.39. The van der Waals surface area contributed by atoms with E-state index in [1.54, 1.807) is 58.9 Å². The Hall–Kier alpha value is -4.09. The molecule has 0 radical (unpaired) electrons. The summed E-state index contributed by atoms with van der Waals surface area (Å²) >= 11 is 0. The number of aromatic nitrogens is 3. The summed E-state index contributed by atoms with van der Waals surface area (Å²) in [6.45, 7) is 5.20. The van der Waals surface area contributed by atoms with Crippen molar-refractivity contribution in [2.75, 3.05) is 18.4 Å². The lowest BCUT2D eigenvalue weighted by atomic mass is 9.98. The van der Waals surface area contributed by atoms with E-state index in [0.717, 1.165) is 5.69 Å². The summed E-state index contributed by atoms with van der Waals surface area (Å²) in [5, 5.41) is 8.13. The second-order valence-corrected chi connectivity index (χ2v) is 11.7. The number of primary amides is 1. The van der Waals surface area contributed by atoms with Crippen LogP contribution < -0.4 is 11.1 Å². The number of hydrogen-bond donors (Lipinski definition) is 2. The summed E-state index contributed by atoms with van der Waals surface area (Å²) in [6.07, 6.45) is 1.42. The molecule has 10 nitrogen and oxygen atoms in total. The van der Waals surface area contributed by atoms with Crippen LogP contribution in [0.3, 0.4) is 0 Å². The first-order valence-corrected chi connectivity index (χ1v) is 14.2. The maximum Gasteiger partial charge on any atom is 0.274 e. The number of benzene rings is 2. The molecular formula is C28H30N6O4S. The highest BCUT2D eigenvalue weighted by Crippen LogP contribution is 2.27. The fraction of sp³-hybridized carbons (Fsp3) is 0.286. The van der Waals surface area contributed by atoms with Crippen LogP contribution in [0, 0.1) is 19.8 Å². The molecule has 4 aromatic rings. The number of fused-ring (bicyclic) bond motifs is 1. The van der Waals surface area contributed by atoms with Crippen LogP contribution in [0.1, 0.15) is 45.1 Å². The van der Waals surface area contributed by atoms with Gasteiger partial charge >= 0.3 is 0 Å². The molecular weight excluding hydrogens is 516 g/mol. The van der Waals surface area contributed by atoms with Crippen LogP contribution in [0.25, 0.3) is 10.9 Å². The molecule has 5 rings (SSSR count). The molecule has 202 valence electrons. The SMILES string of the molecule is Cc1nn(CC2CCN(S(=O)(=O)c3ccccc3)CC2)c(C)c1NC(=O)c1cc(C(N)=O)c2ccccc2n1. The van der Waals surface area contributed by atoms with Crippen molar-refractivity contribution < 1.29 is 18.0 Å². The number of hydrogen-bond acceptors (Lipinski definition) is 6. The molecule has 11 heteroatoms. The Bertz CT molecular complexity index is 1660. The van der Waals surface area contributed by atoms with Crippen molar-refractivity contribution in [3.63, 3.8) is 0 Å². The standard InChI is InChI=1S/C28H30N6O4S/c1-18-26(31-28(36)25-16-23(27(29)35)22-10-6-7-11-24(22)30-25)19(2)34(32-18)17-20-12-14-33(15-13-20)39(37,38)21-8-4-3-5-9-21/h3-11,16,20H,12-15,17H2,1-2H3,(H2,29,35)(H,31,36). The number of pyridine rings is 1. The van der Waals surface area contributed by atoms with E-state index in [9.17, 15) is 18.0 Å². The maximum atomic E-state index is 13.2. The lowest BCUT2D eigenvalue weighted by Gasteiger charge is -2.31. The summed E-state index contributed by atoms with van der Waals surface area (Å²) in [7, 11) is -3.50. The van der Waals surface area contributed by atoms with E-state index in [2.05, 4.69) is 15.4 Å². The third-order valence-corrected chi connectivity index (χ3v) is 9.13. The third-order valence-electron chi connectivity index (χ3n) is 7.22. The molecule has 1 aliphatic rings. The molecule has 0 bridgehead atoms. The van der Waals surface area contributed by atoms with Gasteiger partial charge in [0.25, 0.3) is 5.91 Å². The fourth-order valence-electron chi connectivity index (χ4n) is 5.05. The number of anilines is 1. The number of amides is 2. The van der Waals surface area contributed by atoms with E-state index < -0.39 is 21.8 Å². The summed E-state index contributed by atoms with van der Waals surface area (Å²) in [4.78, 5) is 29.9. The van der Waals surface area contributed by atoms with Crippen molar-refractivity contribution in [2.24, 2.45) is 11.7 Å². The van der Waals surface area contributed by atoms with Crippen molar-refractivity contribution in [3.05, 3.63) is 83.3 Å². The Labute approximate surface area is 226 Å². The molecule has 2 amide bonds. The summed E-state index contributed by atoms with van der Waals surface area (Å²) in [5.41, 5.74) is 8.40. The van der Waals surface area contributed by atoms with Crippen LogP contribution in [-0.2, 0) is 16.6 Å². The highest BCUT2D eigenvalue weighted by molar-refractivity contribution is 7.89. The number of nitrogens with one attached hydrogen (secondary N) is 1. The van der Waals surface area contributed by atoms with E-state index >= 15 is 0 Å². The number of piperidine rings is 1. The minimum Gasteiger partial charge on any atom is -0.366 e. The zero-order chi connectivity index (χ0) is 27.7. The van der Waals surface area contributed by atoms with Gasteiger partial charge in [-0.05, 0) is 56.9 Å². The second kappa shape index (κ2) is 10.6. The minimum atomic E-state index is -3.50. The molecule has 1 saturated heterocycles. The minimum absolute atomic E-state index is 0.0843. The molecule has 1 fully saturated rings. The second-order valence-electron chi connectivity index (χ2n) is 9.78. The number of nitrogens with zero attached hydrogens (tertiary/aromatic N) is 4. The van der Waals surface area contributed by atoms with Gasteiger partial charge in [-0.1, -0.05) is 36.4 Å². The number of sulfonamides is 1. The first-order valence-electron chi connectivity index (χ1n) is 12.8. The first-order chi connectivity index (χ1) is 18.6. The van der Waals surface area contributed by atoms with Gasteiger partial charge in [-0.25, -0.2) is 13.4 Å². The van der Waals surface area contributed by atoms with Crippen molar-refractivity contribution in [3.8, 4) is 0 Å². The van der Waals surface area contributed by atoms with Crippen molar-refractivity contribution >= 4 is 38.4 Å². The molecule has 0 atom stereocenters. The van der Waals surface area contributed by atoms with Gasteiger partial charge in [0, 0.05) is 25.0 Å². The predicted molar refractivity (Wildman–Crippen MR) is 148 cm³/mol. The Morgan fingerprint density at radius 2 is 1.69 bits per heavy atom. The number of nitrogens with two attached hydrogens (primary N) is 1. The summed E-state index contributed by atoms with van der Waals surface area (Å²) in [5.74, 6) is -0.854. The molecule has 0 unspecified atom stereocenters. The Balaban J connectivity index is 1.28. The van der Waals surface area contributed by atoms with Gasteiger partial charge in [-0.3, -0.25) is 14.3 Å². The zero-order valence-electron chi connectivity index (χ0n) is 21.8. The number of rotatable bonds is 7. The van der Waals surface area contributed by atoms with E-state index in [1.807, 2.05) is 18.5 Å². The largest absolute Gasteiger partial charge is 0.366 e. The lowest BCUT2D eigenvalue weighted by molar-refractivity contribution is 0.100. The maximum absolute atomic E-state index is 13.2. The van der Waals surface area contributed by atoms with Crippen LogP contribution in [-0.4, -0.2) is 52.4 Å². The molecule has 2 aromatic carbocycles. The monoisotopic (exact) mass is 546 g/mol. The molecule has 2 aromatic heterocycles. The van der Waals surface area contributed by atoms with Gasteiger partial charge in [0.15, 0.2) is 0 Å². The Morgan fingerprint density at radius 1 is 1.03 bits per heavy atom. The third kappa shape index (κ3) is 5.27. The van der Waals surface area contributed by atoms with E-state index in [4.69, 9.17) is 5.73 Å². The van der Waals surface area contributed by atoms with Crippen molar-refractivity contribution in [1.82, 2.24) is 19.1 Å². The smallest absolute Gasteiger partial charge is 0.274 e. The molecule has 0 aliphatic carbocycles. The van der Waals surface area contributed by atoms with Crippen molar-refractivity contribution in [1.29, 1.82) is 0 Å². The predicted octanol–water partition coefficient (Wildman–Crippen LogP) is 3.50. The first kappa shape index (κ1) is 26.5. The number of carbonyl (C=O) groups excluding carboxylic acids is 2. The van der Waals surface area contributed by atoms with Gasteiger partial charge < -0.3 is 11.1 Å². The average molecular weight is 547 g/mol. The summed E-state index contributed by atoms with van der Waals surface area (Å²) < 4.78 is 29.3. The van der Waals surface area contributed by atoms with E-state index in [-0.39, 0.29) is 17.2 Å². The van der Waals surface area contributed by atoms with Crippen LogP contribution in [0.5, 0.6) is 0 Å². The fourth-order valence-corrected chi connectivity index (χ4v) is 6.54. The highest BCUT2D eigenvalue weighted by atomic mass is 32.2. The normalized spacial score (nSPS) is 14.9. The molecule has 0 saturated carbocycles. The van der Waals surface area contributed by atoms with Crippen LogP contribution in [0.2, 0.25) is 0 Å².